The second-order valence-electron chi connectivity index (χ2n) is 4.02. The van der Waals surface area contributed by atoms with Crippen LogP contribution in [0.3, 0.4) is 0 Å². The summed E-state index contributed by atoms with van der Waals surface area (Å²) in [6, 6.07) is 12.4. The number of nitrogens with zero attached hydrogens (tertiary/aromatic N) is 2. The Morgan fingerprint density at radius 2 is 1.86 bits per heavy atom. The van der Waals surface area contributed by atoms with Crippen LogP contribution < -0.4 is 5.43 Å². The quantitative estimate of drug-likeness (QED) is 0.535. The van der Waals surface area contributed by atoms with E-state index in [0.29, 0.717) is 16.1 Å². The molecule has 0 saturated heterocycles. The molecule has 0 spiro atoms. The van der Waals surface area contributed by atoms with Gasteiger partial charge in [-0.1, -0.05) is 23.7 Å². The zero-order chi connectivity index (χ0) is 15.2. The monoisotopic (exact) mass is 303 g/mol. The Morgan fingerprint density at radius 1 is 1.19 bits per heavy atom. The molecule has 0 aromatic heterocycles. The summed E-state index contributed by atoms with van der Waals surface area (Å²) in [7, 11) is 0. The predicted octanol–water partition coefficient (Wildman–Crippen LogP) is 3.01. The number of nitro benzene ring substituents is 1. The number of carbonyl (C=O) groups excluding carboxylic acids is 1. The second kappa shape index (κ2) is 6.62. The fourth-order valence-corrected chi connectivity index (χ4v) is 1.72. The molecule has 0 aliphatic heterocycles. The van der Waals surface area contributed by atoms with E-state index in [-0.39, 0.29) is 5.69 Å². The molecule has 0 fully saturated rings. The Kier molecular flexibility index (Phi) is 4.63. The van der Waals surface area contributed by atoms with Crippen LogP contribution in [0, 0.1) is 10.1 Å². The molecule has 0 radical (unpaired) electrons. The van der Waals surface area contributed by atoms with Crippen molar-refractivity contribution in [3.05, 3.63) is 74.8 Å². The fourth-order valence-electron chi connectivity index (χ4n) is 1.59. The fraction of sp³-hybridized carbons (Fsp3) is 0. The second-order valence-corrected chi connectivity index (χ2v) is 4.46. The van der Waals surface area contributed by atoms with Crippen molar-refractivity contribution in [1.29, 1.82) is 0 Å². The summed E-state index contributed by atoms with van der Waals surface area (Å²) < 4.78 is 0. The molecule has 7 heteroatoms. The van der Waals surface area contributed by atoms with Crippen molar-refractivity contribution < 1.29 is 9.72 Å². The third-order valence-electron chi connectivity index (χ3n) is 2.61. The van der Waals surface area contributed by atoms with Crippen LogP contribution in [0.5, 0.6) is 0 Å². The van der Waals surface area contributed by atoms with E-state index in [1.807, 2.05) is 0 Å². The normalized spacial score (nSPS) is 10.5. The highest BCUT2D eigenvalue weighted by Crippen LogP contribution is 2.15. The lowest BCUT2D eigenvalue weighted by Crippen LogP contribution is -2.17. The maximum Gasteiger partial charge on any atom is 0.278 e. The van der Waals surface area contributed by atoms with Gasteiger partial charge in [-0.3, -0.25) is 14.9 Å². The Morgan fingerprint density at radius 3 is 2.52 bits per heavy atom. The molecule has 2 rings (SSSR count). The highest BCUT2D eigenvalue weighted by Gasteiger charge is 2.10. The lowest BCUT2D eigenvalue weighted by molar-refractivity contribution is -0.385. The van der Waals surface area contributed by atoms with Gasteiger partial charge in [0, 0.05) is 16.7 Å². The highest BCUT2D eigenvalue weighted by molar-refractivity contribution is 6.30. The van der Waals surface area contributed by atoms with E-state index in [2.05, 4.69) is 10.5 Å². The van der Waals surface area contributed by atoms with Crippen LogP contribution in [-0.2, 0) is 0 Å². The average Bonchev–Trinajstić information content (AvgIpc) is 2.48. The summed E-state index contributed by atoms with van der Waals surface area (Å²) >= 11 is 5.72. The number of nitrogens with one attached hydrogen (secondary N) is 1. The third kappa shape index (κ3) is 3.87. The SMILES string of the molecule is O=C(N/N=C/c1ccccc1[N+](=O)[O-])c1ccc(Cl)cc1. The standard InChI is InChI=1S/C14H10ClN3O3/c15-12-7-5-10(6-8-12)14(19)17-16-9-11-3-1-2-4-13(11)18(20)21/h1-9H,(H,17,19)/b16-9+. The topological polar surface area (TPSA) is 84.6 Å². The highest BCUT2D eigenvalue weighted by atomic mass is 35.5. The molecule has 0 saturated carbocycles. The smallest absolute Gasteiger partial charge is 0.267 e. The lowest BCUT2D eigenvalue weighted by Gasteiger charge is -2.00. The summed E-state index contributed by atoms with van der Waals surface area (Å²) in [4.78, 5) is 22.1. The molecular formula is C14H10ClN3O3. The van der Waals surface area contributed by atoms with Crippen LogP contribution in [-0.4, -0.2) is 17.0 Å². The molecule has 0 aliphatic rings. The summed E-state index contributed by atoms with van der Waals surface area (Å²) in [6.07, 6.45) is 1.23. The molecule has 0 bridgehead atoms. The van der Waals surface area contributed by atoms with Crippen molar-refractivity contribution in [3.8, 4) is 0 Å². The number of benzene rings is 2. The minimum Gasteiger partial charge on any atom is -0.267 e. The molecule has 2 aromatic rings. The number of hydrogen-bond acceptors (Lipinski definition) is 4. The first-order valence-electron chi connectivity index (χ1n) is 5.90. The van der Waals surface area contributed by atoms with Gasteiger partial charge in [0.2, 0.25) is 0 Å². The number of rotatable bonds is 4. The average molecular weight is 304 g/mol. The van der Waals surface area contributed by atoms with E-state index in [0.717, 1.165) is 0 Å². The van der Waals surface area contributed by atoms with E-state index >= 15 is 0 Å². The van der Waals surface area contributed by atoms with Crippen LogP contribution >= 0.6 is 11.6 Å². The van der Waals surface area contributed by atoms with E-state index in [4.69, 9.17) is 11.6 Å². The first kappa shape index (κ1) is 14.7. The molecule has 0 unspecified atom stereocenters. The molecular weight excluding hydrogens is 294 g/mol. The van der Waals surface area contributed by atoms with Gasteiger partial charge in [-0.2, -0.15) is 5.10 Å². The molecule has 2 aromatic carbocycles. The number of hydrogen-bond donors (Lipinski definition) is 1. The lowest BCUT2D eigenvalue weighted by atomic mass is 10.2. The predicted molar refractivity (Wildman–Crippen MR) is 79.6 cm³/mol. The van der Waals surface area contributed by atoms with Crippen molar-refractivity contribution >= 4 is 29.4 Å². The summed E-state index contributed by atoms with van der Waals surface area (Å²) in [6.45, 7) is 0. The number of hydrazone groups is 1. The maximum absolute atomic E-state index is 11.8. The molecule has 0 atom stereocenters. The van der Waals surface area contributed by atoms with Crippen LogP contribution in [0.4, 0.5) is 5.69 Å². The number of amides is 1. The van der Waals surface area contributed by atoms with E-state index in [9.17, 15) is 14.9 Å². The van der Waals surface area contributed by atoms with Gasteiger partial charge in [-0.05, 0) is 30.3 Å². The number of para-hydroxylation sites is 1. The minimum atomic E-state index is -0.512. The van der Waals surface area contributed by atoms with Gasteiger partial charge in [0.1, 0.15) is 0 Å². The van der Waals surface area contributed by atoms with Crippen LogP contribution in [0.25, 0.3) is 0 Å². The van der Waals surface area contributed by atoms with Gasteiger partial charge < -0.3 is 0 Å². The zero-order valence-electron chi connectivity index (χ0n) is 10.7. The Balaban J connectivity index is 2.07. The Hall–Kier alpha value is -2.73. The maximum atomic E-state index is 11.8. The van der Waals surface area contributed by atoms with E-state index < -0.39 is 10.8 Å². The number of halogens is 1. The third-order valence-corrected chi connectivity index (χ3v) is 2.86. The van der Waals surface area contributed by atoms with Crippen molar-refractivity contribution in [2.75, 3.05) is 0 Å². The van der Waals surface area contributed by atoms with Crippen LogP contribution in [0.2, 0.25) is 5.02 Å². The summed E-state index contributed by atoms with van der Waals surface area (Å²) in [5.41, 5.74) is 2.91. The first-order chi connectivity index (χ1) is 10.1. The minimum absolute atomic E-state index is 0.0815. The summed E-state index contributed by atoms with van der Waals surface area (Å²) in [5, 5.41) is 15.1. The van der Waals surface area contributed by atoms with Gasteiger partial charge in [-0.25, -0.2) is 5.43 Å². The largest absolute Gasteiger partial charge is 0.278 e. The van der Waals surface area contributed by atoms with Crippen molar-refractivity contribution in [2.45, 2.75) is 0 Å². The Labute approximate surface area is 125 Å². The van der Waals surface area contributed by atoms with Crippen molar-refractivity contribution in [2.24, 2.45) is 5.10 Å². The van der Waals surface area contributed by atoms with Crippen LogP contribution in [0.1, 0.15) is 15.9 Å². The molecule has 0 heterocycles. The number of carbonyl (C=O) groups is 1. The van der Waals surface area contributed by atoms with Crippen molar-refractivity contribution in [3.63, 3.8) is 0 Å². The zero-order valence-corrected chi connectivity index (χ0v) is 11.4. The van der Waals surface area contributed by atoms with Gasteiger partial charge in [-0.15, -0.1) is 0 Å². The Bertz CT molecular complexity index is 699. The van der Waals surface area contributed by atoms with E-state index in [1.54, 1.807) is 36.4 Å². The van der Waals surface area contributed by atoms with Gasteiger partial charge in [0.25, 0.3) is 11.6 Å². The van der Waals surface area contributed by atoms with Crippen molar-refractivity contribution in [1.82, 2.24) is 5.43 Å². The summed E-state index contributed by atoms with van der Waals surface area (Å²) in [5.74, 6) is -0.429. The van der Waals surface area contributed by atoms with Gasteiger partial charge in [0.05, 0.1) is 16.7 Å². The molecule has 6 nitrogen and oxygen atoms in total. The van der Waals surface area contributed by atoms with Crippen LogP contribution in [0.15, 0.2) is 53.6 Å². The van der Waals surface area contributed by atoms with E-state index in [1.165, 1.54) is 18.3 Å². The molecule has 21 heavy (non-hydrogen) atoms. The number of nitro groups is 1. The first-order valence-corrected chi connectivity index (χ1v) is 6.28. The van der Waals surface area contributed by atoms with Gasteiger partial charge in [0.15, 0.2) is 0 Å². The van der Waals surface area contributed by atoms with Gasteiger partial charge >= 0.3 is 0 Å². The molecule has 106 valence electrons. The molecule has 0 aliphatic carbocycles. The molecule has 1 amide bonds. The molecule has 1 N–H and O–H groups in total.